The number of fused-ring (bicyclic) bond motifs is 3. The molecule has 2 nitrogen and oxygen atoms in total. The highest BCUT2D eigenvalue weighted by Gasteiger charge is 2.32. The molecule has 4 heteroatoms. The molecule has 5 aromatic carbocycles. The van der Waals surface area contributed by atoms with E-state index in [2.05, 4.69) is 107 Å². The van der Waals surface area contributed by atoms with Crippen molar-refractivity contribution < 1.29 is 5.11 Å². The Morgan fingerprint density at radius 3 is 1.93 bits per heavy atom. The summed E-state index contributed by atoms with van der Waals surface area (Å²) in [4.78, 5) is 13.6. The summed E-state index contributed by atoms with van der Waals surface area (Å²) in [7, 11) is 0. The first-order valence-corrected chi connectivity index (χ1v) is 17.4. The molecule has 8 rings (SSSR count). The normalized spacial score (nSPS) is 17.1. The van der Waals surface area contributed by atoms with E-state index in [9.17, 15) is 9.90 Å². The van der Waals surface area contributed by atoms with E-state index in [1.165, 1.54) is 59.3 Å². The van der Waals surface area contributed by atoms with Gasteiger partial charge in [0.15, 0.2) is 10.5 Å². The SMILES string of the molecule is O=c1c(C2CC(c3ccc(-c4ccc(Br)cc4)cc3)Cc3ccccc32)c(O)sc2ccccc12.c1ccc2c(c1)CCCC2. The third-order valence-corrected chi connectivity index (χ3v) is 10.9. The molecule has 1 heterocycles. The molecule has 224 valence electrons. The highest BCUT2D eigenvalue weighted by atomic mass is 79.9. The lowest BCUT2D eigenvalue weighted by atomic mass is 9.72. The Kier molecular flexibility index (Phi) is 8.69. The summed E-state index contributed by atoms with van der Waals surface area (Å²) in [5.41, 5.74) is 9.69. The second-order valence-corrected chi connectivity index (χ2v) is 14.1. The van der Waals surface area contributed by atoms with Gasteiger partial charge in [-0.25, -0.2) is 0 Å². The summed E-state index contributed by atoms with van der Waals surface area (Å²) >= 11 is 4.80. The van der Waals surface area contributed by atoms with Crippen LogP contribution in [0, 0.1) is 0 Å². The molecule has 0 aliphatic heterocycles. The molecule has 6 aromatic rings. The fourth-order valence-corrected chi connectivity index (χ4v) is 8.30. The molecule has 1 N–H and O–H groups in total. The van der Waals surface area contributed by atoms with Gasteiger partial charge in [0.1, 0.15) is 0 Å². The Labute approximate surface area is 277 Å². The van der Waals surface area contributed by atoms with Crippen LogP contribution in [0.2, 0.25) is 0 Å². The van der Waals surface area contributed by atoms with E-state index in [4.69, 9.17) is 0 Å². The lowest BCUT2D eigenvalue weighted by Crippen LogP contribution is -2.23. The molecule has 2 aliphatic carbocycles. The maximum Gasteiger partial charge on any atom is 0.195 e. The average molecular weight is 672 g/mol. The maximum atomic E-state index is 13.6. The van der Waals surface area contributed by atoms with Gasteiger partial charge >= 0.3 is 0 Å². The monoisotopic (exact) mass is 670 g/mol. The molecular formula is C41H35BrO2S. The van der Waals surface area contributed by atoms with Gasteiger partial charge in [-0.05, 0) is 108 Å². The zero-order chi connectivity index (χ0) is 30.8. The second kappa shape index (κ2) is 13.2. The Balaban J connectivity index is 0.000000275. The van der Waals surface area contributed by atoms with E-state index >= 15 is 0 Å². The zero-order valence-corrected chi connectivity index (χ0v) is 27.5. The third-order valence-electron chi connectivity index (χ3n) is 9.40. The number of hydrogen-bond donors (Lipinski definition) is 1. The van der Waals surface area contributed by atoms with Gasteiger partial charge in [-0.1, -0.05) is 124 Å². The molecule has 0 saturated carbocycles. The van der Waals surface area contributed by atoms with Crippen LogP contribution in [0.3, 0.4) is 0 Å². The minimum Gasteiger partial charge on any atom is -0.499 e. The minimum atomic E-state index is -0.135. The Morgan fingerprint density at radius 1 is 0.667 bits per heavy atom. The molecular weight excluding hydrogens is 636 g/mol. The summed E-state index contributed by atoms with van der Waals surface area (Å²) in [5.74, 6) is 0.133. The highest BCUT2D eigenvalue weighted by Crippen LogP contribution is 2.46. The number of halogens is 1. The summed E-state index contributed by atoms with van der Waals surface area (Å²) < 4.78 is 1.89. The van der Waals surface area contributed by atoms with Crippen molar-refractivity contribution in [2.24, 2.45) is 0 Å². The second-order valence-electron chi connectivity index (χ2n) is 12.1. The molecule has 0 amide bonds. The van der Waals surface area contributed by atoms with Crippen LogP contribution < -0.4 is 5.43 Å². The number of rotatable bonds is 3. The van der Waals surface area contributed by atoms with E-state index in [-0.39, 0.29) is 22.3 Å². The van der Waals surface area contributed by atoms with Crippen molar-refractivity contribution in [3.8, 4) is 16.2 Å². The first-order valence-electron chi connectivity index (χ1n) is 15.8. The average Bonchev–Trinajstić information content (AvgIpc) is 3.09. The van der Waals surface area contributed by atoms with Crippen LogP contribution in [0.5, 0.6) is 5.06 Å². The van der Waals surface area contributed by atoms with Crippen LogP contribution >= 0.6 is 27.3 Å². The Hall–Kier alpha value is -3.99. The molecule has 1 aromatic heterocycles. The van der Waals surface area contributed by atoms with Gasteiger partial charge in [0.2, 0.25) is 0 Å². The highest BCUT2D eigenvalue weighted by molar-refractivity contribution is 9.10. The first-order chi connectivity index (χ1) is 22.0. The van der Waals surface area contributed by atoms with Gasteiger partial charge in [-0.15, -0.1) is 0 Å². The Bertz CT molecular complexity index is 1980. The summed E-state index contributed by atoms with van der Waals surface area (Å²) in [6, 6.07) is 41.9. The van der Waals surface area contributed by atoms with Crippen LogP contribution in [-0.2, 0) is 19.3 Å². The van der Waals surface area contributed by atoms with Crippen molar-refractivity contribution >= 4 is 37.4 Å². The van der Waals surface area contributed by atoms with Crippen molar-refractivity contribution in [3.63, 3.8) is 0 Å². The van der Waals surface area contributed by atoms with Gasteiger partial charge in [-0.2, -0.15) is 0 Å². The number of aromatic hydroxyl groups is 1. The Morgan fingerprint density at radius 2 is 1.24 bits per heavy atom. The largest absolute Gasteiger partial charge is 0.499 e. The van der Waals surface area contributed by atoms with E-state index in [0.29, 0.717) is 10.9 Å². The van der Waals surface area contributed by atoms with Crippen molar-refractivity contribution in [2.45, 2.75) is 50.4 Å². The predicted molar refractivity (Wildman–Crippen MR) is 192 cm³/mol. The van der Waals surface area contributed by atoms with Crippen molar-refractivity contribution in [2.75, 3.05) is 0 Å². The number of benzene rings is 5. The fourth-order valence-electron chi connectivity index (χ4n) is 7.07. The predicted octanol–water partition coefficient (Wildman–Crippen LogP) is 10.8. The number of aryl methyl sites for hydroxylation is 2. The van der Waals surface area contributed by atoms with Gasteiger partial charge in [0.25, 0.3) is 0 Å². The first kappa shape index (κ1) is 29.7. The van der Waals surface area contributed by atoms with Crippen LogP contribution in [-0.4, -0.2) is 5.11 Å². The quantitative estimate of drug-likeness (QED) is 0.203. The van der Waals surface area contributed by atoms with Gasteiger partial charge < -0.3 is 5.11 Å². The van der Waals surface area contributed by atoms with Crippen LogP contribution in [0.25, 0.3) is 21.2 Å². The molecule has 0 bridgehead atoms. The molecule has 0 saturated heterocycles. The summed E-state index contributed by atoms with van der Waals surface area (Å²) in [6.45, 7) is 0. The standard InChI is InChI=1S/C31H23BrO2S.C10H12/c32-24-15-13-20(14-16-24)19-9-11-21(12-10-19)23-17-22-5-1-2-6-25(22)27(18-23)29-30(33)26-7-3-4-8-28(26)35-31(29)34;1-2-6-10-8-4-3-7-9(10)5-1/h1-16,23,27,34H,17-18H2;1-2,5-6H,3-4,7-8H2. The molecule has 2 unspecified atom stereocenters. The third kappa shape index (κ3) is 6.27. The van der Waals surface area contributed by atoms with Crippen molar-refractivity contribution in [3.05, 3.63) is 169 Å². The minimum absolute atomic E-state index is 0.0529. The number of hydrogen-bond acceptors (Lipinski definition) is 3. The van der Waals surface area contributed by atoms with E-state index in [1.54, 1.807) is 11.1 Å². The molecule has 0 radical (unpaired) electrons. The van der Waals surface area contributed by atoms with Crippen LogP contribution in [0.15, 0.2) is 131 Å². The summed E-state index contributed by atoms with van der Waals surface area (Å²) in [5, 5.41) is 11.8. The molecule has 0 spiro atoms. The summed E-state index contributed by atoms with van der Waals surface area (Å²) in [6.07, 6.45) is 7.10. The molecule has 0 fully saturated rings. The fraction of sp³-hybridized carbons (Fsp3) is 0.195. The van der Waals surface area contributed by atoms with Crippen molar-refractivity contribution in [1.82, 2.24) is 0 Å². The van der Waals surface area contributed by atoms with E-state index in [0.717, 1.165) is 27.6 Å². The van der Waals surface area contributed by atoms with Crippen LogP contribution in [0.4, 0.5) is 0 Å². The lowest BCUT2D eigenvalue weighted by Gasteiger charge is -2.32. The van der Waals surface area contributed by atoms with Crippen LogP contribution in [0.1, 0.15) is 64.5 Å². The topological polar surface area (TPSA) is 37.3 Å². The zero-order valence-electron chi connectivity index (χ0n) is 25.1. The lowest BCUT2D eigenvalue weighted by molar-refractivity contribution is 0.465. The molecule has 2 aliphatic rings. The van der Waals surface area contributed by atoms with Gasteiger partial charge in [-0.3, -0.25) is 4.79 Å². The maximum absolute atomic E-state index is 13.6. The smallest absolute Gasteiger partial charge is 0.195 e. The van der Waals surface area contributed by atoms with Gasteiger partial charge in [0.05, 0.1) is 5.56 Å². The van der Waals surface area contributed by atoms with E-state index < -0.39 is 0 Å². The van der Waals surface area contributed by atoms with E-state index in [1.807, 2.05) is 30.3 Å². The van der Waals surface area contributed by atoms with Crippen molar-refractivity contribution in [1.29, 1.82) is 0 Å². The van der Waals surface area contributed by atoms with Gasteiger partial charge in [0, 0.05) is 20.5 Å². The molecule has 2 atom stereocenters. The molecule has 45 heavy (non-hydrogen) atoms.